The van der Waals surface area contributed by atoms with Crippen molar-refractivity contribution >= 4 is 21.7 Å². The average Bonchev–Trinajstić information content (AvgIpc) is 3.59. The number of aliphatic hydroxyl groups is 1. The maximum Gasteiger partial charge on any atom is 0.220 e. The molecule has 0 saturated carbocycles. The highest BCUT2D eigenvalue weighted by Gasteiger charge is 2.30. The molecule has 0 aliphatic carbocycles. The Bertz CT molecular complexity index is 1750. The van der Waals surface area contributed by atoms with Gasteiger partial charge in [-0.1, -0.05) is 12.1 Å². The van der Waals surface area contributed by atoms with Crippen molar-refractivity contribution in [1.29, 1.82) is 0 Å². The zero-order valence-electron chi connectivity index (χ0n) is 23.6. The summed E-state index contributed by atoms with van der Waals surface area (Å²) in [6.07, 6.45) is -0.110. The van der Waals surface area contributed by atoms with Gasteiger partial charge in [0.15, 0.2) is 6.29 Å². The molecule has 0 radical (unpaired) electrons. The molecule has 3 heterocycles. The van der Waals surface area contributed by atoms with Crippen LogP contribution in [-0.2, 0) is 17.7 Å². The zero-order valence-corrected chi connectivity index (χ0v) is 23.6. The number of aryl methyl sites for hydroxylation is 2. The van der Waals surface area contributed by atoms with E-state index in [4.69, 9.17) is 14.2 Å². The van der Waals surface area contributed by atoms with Gasteiger partial charge in [0.1, 0.15) is 24.0 Å². The Morgan fingerprint density at radius 3 is 2.71 bits per heavy atom. The molecule has 0 spiro atoms. The van der Waals surface area contributed by atoms with E-state index in [9.17, 15) is 9.50 Å². The Hall–Kier alpha value is -3.95. The summed E-state index contributed by atoms with van der Waals surface area (Å²) in [6.45, 7) is 8.91. The number of fused-ring (bicyclic) bond motifs is 3. The van der Waals surface area contributed by atoms with Crippen LogP contribution in [0.2, 0.25) is 0 Å². The van der Waals surface area contributed by atoms with Gasteiger partial charge in [-0.3, -0.25) is 0 Å². The van der Waals surface area contributed by atoms with Gasteiger partial charge in [-0.2, -0.15) is 5.10 Å². The van der Waals surface area contributed by atoms with E-state index in [1.165, 1.54) is 18.2 Å². The Morgan fingerprint density at radius 1 is 1.10 bits per heavy atom. The topological polar surface area (TPSA) is 81.5 Å². The lowest BCUT2D eigenvalue weighted by Gasteiger charge is -2.24. The lowest BCUT2D eigenvalue weighted by Crippen LogP contribution is -2.23. The Kier molecular flexibility index (Phi) is 6.95. The number of aliphatic hydroxyl groups excluding tert-OH is 1. The number of rotatable bonds is 8. The summed E-state index contributed by atoms with van der Waals surface area (Å²) in [7, 11) is 0. The summed E-state index contributed by atoms with van der Waals surface area (Å²) in [5.41, 5.74) is 2.87. The highest BCUT2D eigenvalue weighted by Crippen LogP contribution is 2.43. The van der Waals surface area contributed by atoms with E-state index in [1.807, 2.05) is 45.9 Å². The third-order valence-corrected chi connectivity index (χ3v) is 7.28. The number of halogens is 2. The largest absolute Gasteiger partial charge is 0.493 e. The van der Waals surface area contributed by atoms with Crippen LogP contribution >= 0.6 is 0 Å². The summed E-state index contributed by atoms with van der Waals surface area (Å²) in [4.78, 5) is 3.31. The van der Waals surface area contributed by atoms with E-state index in [1.54, 1.807) is 16.8 Å². The van der Waals surface area contributed by atoms with Crippen LogP contribution in [0.1, 0.15) is 50.4 Å². The number of ether oxygens (including phenoxy) is 3. The molecule has 2 N–H and O–H groups in total. The van der Waals surface area contributed by atoms with E-state index in [-0.39, 0.29) is 5.82 Å². The molecular formula is C32H33F2N3O4. The lowest BCUT2D eigenvalue weighted by molar-refractivity contribution is -0.171. The van der Waals surface area contributed by atoms with Gasteiger partial charge in [-0.25, -0.2) is 13.5 Å². The quantitative estimate of drug-likeness (QED) is 0.158. The van der Waals surface area contributed by atoms with Gasteiger partial charge in [0.05, 0.1) is 41.2 Å². The molecule has 1 aliphatic heterocycles. The average molecular weight is 562 g/mol. The van der Waals surface area contributed by atoms with Crippen LogP contribution in [0.5, 0.6) is 11.6 Å². The van der Waals surface area contributed by atoms with Crippen LogP contribution in [0.15, 0.2) is 48.5 Å². The normalized spacial score (nSPS) is 14.0. The van der Waals surface area contributed by atoms with Crippen LogP contribution in [0.3, 0.4) is 0 Å². The van der Waals surface area contributed by atoms with Crippen molar-refractivity contribution in [2.45, 2.75) is 59.0 Å². The van der Waals surface area contributed by atoms with Gasteiger partial charge in [0.2, 0.25) is 5.88 Å². The smallest absolute Gasteiger partial charge is 0.220 e. The number of aromatic amines is 1. The number of hydrogen-bond donors (Lipinski definition) is 2. The van der Waals surface area contributed by atoms with Crippen LogP contribution in [0, 0.1) is 18.6 Å². The van der Waals surface area contributed by atoms with E-state index >= 15 is 4.39 Å². The van der Waals surface area contributed by atoms with Crippen molar-refractivity contribution in [2.24, 2.45) is 0 Å². The molecule has 2 aromatic heterocycles. The van der Waals surface area contributed by atoms with E-state index in [0.29, 0.717) is 72.3 Å². The van der Waals surface area contributed by atoms with Crippen LogP contribution < -0.4 is 9.47 Å². The number of H-pyrrole nitrogens is 1. The first-order chi connectivity index (χ1) is 19.6. The SMILES string of the molecule is Cc1nn2c(c1-c1c(F)ccc3c(CCCOc4cccc5cc(F)ccc45)c(C(O)OC(C)(C)C)[nH]c13)OCC2. The van der Waals surface area contributed by atoms with Crippen molar-refractivity contribution in [3.8, 4) is 22.8 Å². The maximum absolute atomic E-state index is 15.5. The second-order valence-electron chi connectivity index (χ2n) is 11.4. The molecule has 0 fully saturated rings. The van der Waals surface area contributed by atoms with Gasteiger partial charge >= 0.3 is 0 Å². The summed E-state index contributed by atoms with van der Waals surface area (Å²) in [6, 6.07) is 13.3. The van der Waals surface area contributed by atoms with Crippen molar-refractivity contribution in [1.82, 2.24) is 14.8 Å². The molecule has 0 amide bonds. The Morgan fingerprint density at radius 2 is 1.90 bits per heavy atom. The standard InChI is InChI=1S/C32H33F2N3O4/c1-18-26(30-37(36-18)14-16-40-30)27-24(34)13-12-23-22(29(35-28(23)27)31(38)41-32(2,3)4)8-6-15-39-25-9-5-7-19-17-20(33)10-11-21(19)25/h5,7,9-13,17,31,35,38H,6,8,14-16H2,1-4H3. The van der Waals surface area contributed by atoms with Crippen molar-refractivity contribution in [3.05, 3.63) is 77.1 Å². The van der Waals surface area contributed by atoms with Gasteiger partial charge in [-0.15, -0.1) is 0 Å². The molecule has 5 aromatic rings. The fourth-order valence-electron chi connectivity index (χ4n) is 5.59. The molecule has 1 unspecified atom stereocenters. The third kappa shape index (κ3) is 5.15. The summed E-state index contributed by atoms with van der Waals surface area (Å²) >= 11 is 0. The van der Waals surface area contributed by atoms with Crippen molar-refractivity contribution in [2.75, 3.05) is 13.2 Å². The fraction of sp³-hybridized carbons (Fsp3) is 0.344. The molecule has 214 valence electrons. The second-order valence-corrected chi connectivity index (χ2v) is 11.4. The van der Waals surface area contributed by atoms with Gasteiger partial charge < -0.3 is 24.3 Å². The van der Waals surface area contributed by atoms with Gasteiger partial charge in [0.25, 0.3) is 0 Å². The minimum absolute atomic E-state index is 0.295. The zero-order chi connectivity index (χ0) is 28.9. The van der Waals surface area contributed by atoms with E-state index in [2.05, 4.69) is 10.1 Å². The molecule has 0 bridgehead atoms. The van der Waals surface area contributed by atoms with Gasteiger partial charge in [0, 0.05) is 16.3 Å². The molecule has 9 heteroatoms. The highest BCUT2D eigenvalue weighted by atomic mass is 19.1. The number of hydrogen-bond acceptors (Lipinski definition) is 5. The van der Waals surface area contributed by atoms with E-state index in [0.717, 1.165) is 21.7 Å². The van der Waals surface area contributed by atoms with Crippen LogP contribution in [-0.4, -0.2) is 38.7 Å². The number of benzene rings is 3. The highest BCUT2D eigenvalue weighted by molar-refractivity contribution is 5.99. The second kappa shape index (κ2) is 10.5. The summed E-state index contributed by atoms with van der Waals surface area (Å²) in [5.74, 6) is 0.513. The predicted octanol–water partition coefficient (Wildman–Crippen LogP) is 6.98. The number of nitrogens with zero attached hydrogens (tertiary/aromatic N) is 2. The molecule has 6 rings (SSSR count). The van der Waals surface area contributed by atoms with Crippen LogP contribution in [0.4, 0.5) is 8.78 Å². The minimum Gasteiger partial charge on any atom is -0.493 e. The first kappa shape index (κ1) is 27.2. The Labute approximate surface area is 236 Å². The summed E-state index contributed by atoms with van der Waals surface area (Å²) < 4.78 is 48.8. The minimum atomic E-state index is -1.25. The predicted molar refractivity (Wildman–Crippen MR) is 153 cm³/mol. The number of aromatic nitrogens is 3. The molecule has 0 saturated heterocycles. The lowest BCUT2D eigenvalue weighted by atomic mass is 9.99. The molecule has 41 heavy (non-hydrogen) atoms. The first-order valence-corrected chi connectivity index (χ1v) is 13.8. The first-order valence-electron chi connectivity index (χ1n) is 13.8. The van der Waals surface area contributed by atoms with Gasteiger partial charge in [-0.05, 0) is 87.9 Å². The molecular weight excluding hydrogens is 528 g/mol. The fourth-order valence-corrected chi connectivity index (χ4v) is 5.59. The van der Waals surface area contributed by atoms with E-state index < -0.39 is 17.7 Å². The Balaban J connectivity index is 1.35. The summed E-state index contributed by atoms with van der Waals surface area (Å²) in [5, 5.41) is 18.1. The maximum atomic E-state index is 15.5. The molecule has 7 nitrogen and oxygen atoms in total. The molecule has 1 atom stereocenters. The van der Waals surface area contributed by atoms with Crippen molar-refractivity contribution < 1.29 is 28.1 Å². The molecule has 3 aromatic carbocycles. The van der Waals surface area contributed by atoms with Crippen LogP contribution in [0.25, 0.3) is 32.8 Å². The third-order valence-electron chi connectivity index (χ3n) is 7.28. The van der Waals surface area contributed by atoms with Crippen molar-refractivity contribution in [3.63, 3.8) is 0 Å². The molecule has 1 aliphatic rings. The monoisotopic (exact) mass is 561 g/mol. The number of nitrogens with one attached hydrogen (secondary N) is 1.